The zero-order valence-electron chi connectivity index (χ0n) is 11.0. The van der Waals surface area contributed by atoms with Gasteiger partial charge < -0.3 is 9.15 Å². The van der Waals surface area contributed by atoms with Gasteiger partial charge in [-0.15, -0.1) is 11.3 Å². The summed E-state index contributed by atoms with van der Waals surface area (Å²) in [5, 5.41) is 5.00. The van der Waals surface area contributed by atoms with Gasteiger partial charge in [0.25, 0.3) is 5.91 Å². The minimum absolute atomic E-state index is 0.237. The summed E-state index contributed by atoms with van der Waals surface area (Å²) in [4.78, 5) is 16.1. The normalized spacial score (nSPS) is 10.3. The van der Waals surface area contributed by atoms with Crippen molar-refractivity contribution < 1.29 is 13.9 Å². The highest BCUT2D eigenvalue weighted by Crippen LogP contribution is 2.18. The van der Waals surface area contributed by atoms with Gasteiger partial charge in [-0.25, -0.2) is 4.98 Å². The highest BCUT2D eigenvalue weighted by atomic mass is 32.1. The van der Waals surface area contributed by atoms with Crippen LogP contribution in [0.3, 0.4) is 0 Å². The van der Waals surface area contributed by atoms with Crippen molar-refractivity contribution in [3.05, 3.63) is 65.6 Å². The number of carbonyl (C=O) groups excluding carboxylic acids is 1. The van der Waals surface area contributed by atoms with E-state index in [9.17, 15) is 4.79 Å². The van der Waals surface area contributed by atoms with E-state index in [0.29, 0.717) is 10.7 Å². The molecule has 2 heterocycles. The first-order chi connectivity index (χ1) is 10.3. The first-order valence-corrected chi connectivity index (χ1v) is 7.16. The minimum Gasteiger partial charge on any atom is -0.489 e. The molecule has 1 N–H and O–H groups in total. The molecule has 0 aliphatic rings. The second-order valence-corrected chi connectivity index (χ2v) is 5.06. The van der Waals surface area contributed by atoms with E-state index < -0.39 is 0 Å². The van der Waals surface area contributed by atoms with Crippen molar-refractivity contribution in [2.45, 2.75) is 6.61 Å². The van der Waals surface area contributed by atoms with E-state index in [0.717, 1.165) is 5.75 Å². The molecule has 0 unspecified atom stereocenters. The molecule has 6 heteroatoms. The topological polar surface area (TPSA) is 64.4 Å². The molecule has 5 nitrogen and oxygen atoms in total. The summed E-state index contributed by atoms with van der Waals surface area (Å²) in [6, 6.07) is 11.1. The van der Waals surface area contributed by atoms with E-state index in [4.69, 9.17) is 9.15 Å². The first-order valence-electron chi connectivity index (χ1n) is 6.28. The molecule has 0 aliphatic carbocycles. The smallest absolute Gasteiger partial charge is 0.293 e. The number of furan rings is 1. The molecule has 106 valence electrons. The molecule has 3 rings (SSSR count). The van der Waals surface area contributed by atoms with E-state index in [-0.39, 0.29) is 18.3 Å². The van der Waals surface area contributed by atoms with E-state index in [2.05, 4.69) is 10.3 Å². The van der Waals surface area contributed by atoms with Crippen LogP contribution in [0.4, 0.5) is 5.13 Å². The number of nitrogens with one attached hydrogen (secondary N) is 1. The standard InChI is InChI=1S/C15H12N2O3S/c18-14(17-15-16-7-9-21-15)13-11(6-8-19-13)10-20-12-4-2-1-3-5-12/h1-9H,10H2,(H,16,17,18). The lowest BCUT2D eigenvalue weighted by Crippen LogP contribution is -2.13. The van der Waals surface area contributed by atoms with Gasteiger partial charge in [0.2, 0.25) is 0 Å². The summed E-state index contributed by atoms with van der Waals surface area (Å²) >= 11 is 1.35. The van der Waals surface area contributed by atoms with Crippen LogP contribution in [0.5, 0.6) is 5.75 Å². The van der Waals surface area contributed by atoms with Gasteiger partial charge in [0.05, 0.1) is 6.26 Å². The second-order valence-electron chi connectivity index (χ2n) is 4.17. The Morgan fingerprint density at radius 3 is 2.90 bits per heavy atom. The summed E-state index contributed by atoms with van der Waals surface area (Å²) in [5.41, 5.74) is 0.688. The van der Waals surface area contributed by atoms with E-state index in [1.807, 2.05) is 30.3 Å². The van der Waals surface area contributed by atoms with E-state index >= 15 is 0 Å². The zero-order valence-corrected chi connectivity index (χ0v) is 11.8. The maximum atomic E-state index is 12.1. The lowest BCUT2D eigenvalue weighted by atomic mass is 10.2. The Hall–Kier alpha value is -2.60. The predicted molar refractivity (Wildman–Crippen MR) is 79.5 cm³/mol. The number of aromatic nitrogens is 1. The number of benzene rings is 1. The summed E-state index contributed by atoms with van der Waals surface area (Å²) in [7, 11) is 0. The molecule has 21 heavy (non-hydrogen) atoms. The number of amides is 1. The Labute approximate surface area is 125 Å². The third-order valence-corrected chi connectivity index (χ3v) is 3.43. The SMILES string of the molecule is O=C(Nc1nccs1)c1occc1COc1ccccc1. The van der Waals surface area contributed by atoms with Crippen LogP contribution in [0.15, 0.2) is 58.7 Å². The molecule has 0 fully saturated rings. The number of hydrogen-bond acceptors (Lipinski definition) is 5. The highest BCUT2D eigenvalue weighted by Gasteiger charge is 2.16. The Bertz CT molecular complexity index is 708. The largest absolute Gasteiger partial charge is 0.489 e. The maximum absolute atomic E-state index is 12.1. The molecule has 0 saturated carbocycles. The predicted octanol–water partition coefficient (Wildman–Crippen LogP) is 3.57. The van der Waals surface area contributed by atoms with E-state index in [1.54, 1.807) is 17.6 Å². The number of nitrogens with zero attached hydrogens (tertiary/aromatic N) is 1. The van der Waals surface area contributed by atoms with Crippen molar-refractivity contribution in [1.29, 1.82) is 0 Å². The van der Waals surface area contributed by atoms with Gasteiger partial charge in [-0.2, -0.15) is 0 Å². The van der Waals surface area contributed by atoms with Crippen molar-refractivity contribution in [2.24, 2.45) is 0 Å². The molecule has 1 amide bonds. The van der Waals surface area contributed by atoms with Crippen LogP contribution in [0.1, 0.15) is 16.1 Å². The Morgan fingerprint density at radius 2 is 2.14 bits per heavy atom. The molecule has 3 aromatic rings. The summed E-state index contributed by atoms with van der Waals surface area (Å²) in [5.74, 6) is 0.646. The minimum atomic E-state index is -0.332. The molecule has 2 aromatic heterocycles. The number of carbonyl (C=O) groups is 1. The molecule has 1 aromatic carbocycles. The van der Waals surface area contributed by atoms with Crippen LogP contribution < -0.4 is 10.1 Å². The van der Waals surface area contributed by atoms with Crippen LogP contribution in [0.2, 0.25) is 0 Å². The number of ether oxygens (including phenoxy) is 1. The van der Waals surface area contributed by atoms with Crippen molar-refractivity contribution in [3.63, 3.8) is 0 Å². The molecular formula is C15H12N2O3S. The monoisotopic (exact) mass is 300 g/mol. The Balaban J connectivity index is 1.67. The number of rotatable bonds is 5. The number of hydrogen-bond donors (Lipinski definition) is 1. The van der Waals surface area contributed by atoms with Crippen molar-refractivity contribution >= 4 is 22.4 Å². The van der Waals surface area contributed by atoms with Crippen LogP contribution in [-0.2, 0) is 6.61 Å². The van der Waals surface area contributed by atoms with E-state index in [1.165, 1.54) is 17.6 Å². The number of para-hydroxylation sites is 1. The number of thiazole rings is 1. The van der Waals surface area contributed by atoms with Gasteiger partial charge >= 0.3 is 0 Å². The first kappa shape index (κ1) is 13.4. The van der Waals surface area contributed by atoms with Crippen molar-refractivity contribution in [3.8, 4) is 5.75 Å². The fraction of sp³-hybridized carbons (Fsp3) is 0.0667. The van der Waals surface area contributed by atoms with Gasteiger partial charge in [-0.3, -0.25) is 10.1 Å². The third kappa shape index (κ3) is 3.29. The van der Waals surface area contributed by atoms with Crippen molar-refractivity contribution in [1.82, 2.24) is 4.98 Å². The van der Waals surface area contributed by atoms with Gasteiger partial charge in [-0.1, -0.05) is 18.2 Å². The maximum Gasteiger partial charge on any atom is 0.293 e. The van der Waals surface area contributed by atoms with Crippen LogP contribution in [0.25, 0.3) is 0 Å². The number of anilines is 1. The molecule has 0 spiro atoms. The van der Waals surface area contributed by atoms with Gasteiger partial charge in [-0.05, 0) is 18.2 Å². The molecular weight excluding hydrogens is 288 g/mol. The lowest BCUT2D eigenvalue weighted by Gasteiger charge is -2.06. The van der Waals surface area contributed by atoms with Crippen LogP contribution in [-0.4, -0.2) is 10.9 Å². The quantitative estimate of drug-likeness (QED) is 0.782. The molecule has 0 saturated heterocycles. The van der Waals surface area contributed by atoms with Gasteiger partial charge in [0.15, 0.2) is 10.9 Å². The molecule has 0 aliphatic heterocycles. The molecule has 0 radical (unpaired) electrons. The Kier molecular flexibility index (Phi) is 3.97. The molecule has 0 bridgehead atoms. The summed E-state index contributed by atoms with van der Waals surface area (Å²) in [6.45, 7) is 0.265. The Morgan fingerprint density at radius 1 is 1.29 bits per heavy atom. The van der Waals surface area contributed by atoms with Gasteiger partial charge in [0.1, 0.15) is 12.4 Å². The summed E-state index contributed by atoms with van der Waals surface area (Å²) < 4.78 is 10.9. The zero-order chi connectivity index (χ0) is 14.5. The fourth-order valence-electron chi connectivity index (χ4n) is 1.77. The van der Waals surface area contributed by atoms with Gasteiger partial charge in [0, 0.05) is 17.1 Å². The third-order valence-electron chi connectivity index (χ3n) is 2.74. The fourth-order valence-corrected chi connectivity index (χ4v) is 2.29. The lowest BCUT2D eigenvalue weighted by molar-refractivity contribution is 0.0993. The van der Waals surface area contributed by atoms with Crippen LogP contribution in [0, 0.1) is 0 Å². The second kappa shape index (κ2) is 6.23. The average molecular weight is 300 g/mol. The highest BCUT2D eigenvalue weighted by molar-refractivity contribution is 7.13. The summed E-state index contributed by atoms with van der Waals surface area (Å²) in [6.07, 6.45) is 3.10. The average Bonchev–Trinajstić information content (AvgIpc) is 3.17. The van der Waals surface area contributed by atoms with Crippen LogP contribution >= 0.6 is 11.3 Å². The molecule has 0 atom stereocenters. The van der Waals surface area contributed by atoms with Crippen molar-refractivity contribution in [2.75, 3.05) is 5.32 Å².